The maximum atomic E-state index is 15.1. The van der Waals surface area contributed by atoms with Gasteiger partial charge in [0.15, 0.2) is 0 Å². The molecule has 2 spiro atoms. The predicted molar refractivity (Wildman–Crippen MR) is 297 cm³/mol. The summed E-state index contributed by atoms with van der Waals surface area (Å²) in [5.41, 5.74) is -36.0. The molecule has 4 aliphatic rings. The zero-order valence-electron chi connectivity index (χ0n) is 47.7. The van der Waals surface area contributed by atoms with Crippen LogP contribution in [0.5, 0.6) is 0 Å². The fourth-order valence-corrected chi connectivity index (χ4v) is 40.4. The fraction of sp³-hybridized carbons (Fsp3) is 0.250. The molecule has 0 unspecified atom stereocenters. The van der Waals surface area contributed by atoms with E-state index in [1.165, 1.54) is 121 Å². The molecule has 0 saturated heterocycles. The molecule has 8 aromatic carbocycles. The standard InChI is InChI=1S/2C32H21AsF12O3/c2*34-29(35,36)27(30(37,38)39)22-15-7-9-17-24(22)33(47-27,19-26(46,20-11-3-1-4-12-20)21-13-5-2-6-14-21)25-18-10-8-16-23(25)28(48-33,31(40,41)42)32(43,44)45/h2*1-18,46H,19H2. The van der Waals surface area contributed by atoms with Crippen molar-refractivity contribution in [3.63, 3.8) is 0 Å². The number of hydrogen-bond acceptors (Lipinski definition) is 6. The Morgan fingerprint density at radius 2 is 0.375 bits per heavy atom. The molecule has 0 radical (unpaired) electrons. The Hall–Kier alpha value is -7.04. The summed E-state index contributed by atoms with van der Waals surface area (Å²) in [6.45, 7) is 0. The van der Waals surface area contributed by atoms with Crippen molar-refractivity contribution in [2.75, 3.05) is 0 Å². The molecule has 0 saturated carbocycles. The van der Waals surface area contributed by atoms with E-state index in [0.29, 0.717) is 48.5 Å². The van der Waals surface area contributed by atoms with Crippen LogP contribution in [0.3, 0.4) is 0 Å². The molecule has 0 aromatic heterocycles. The number of hydrogen-bond donors (Lipinski definition) is 2. The van der Waals surface area contributed by atoms with Gasteiger partial charge in [0.1, 0.15) is 0 Å². The molecule has 0 atom stereocenters. The van der Waals surface area contributed by atoms with Gasteiger partial charge >= 0.3 is 530 Å². The second-order valence-corrected chi connectivity index (χ2v) is 39.2. The monoisotopic (exact) mass is 1510 g/mol. The number of alkyl halides is 24. The van der Waals surface area contributed by atoms with Gasteiger partial charge in [-0.2, -0.15) is 0 Å². The van der Waals surface area contributed by atoms with E-state index in [-0.39, 0.29) is 46.5 Å². The summed E-state index contributed by atoms with van der Waals surface area (Å²) in [6.07, 6.45) is -52.1. The van der Waals surface area contributed by atoms with Gasteiger partial charge in [-0.3, -0.25) is 0 Å². The van der Waals surface area contributed by atoms with Gasteiger partial charge in [0, 0.05) is 0 Å². The van der Waals surface area contributed by atoms with Gasteiger partial charge in [0.05, 0.1) is 0 Å². The summed E-state index contributed by atoms with van der Waals surface area (Å²) in [5, 5.41) is 21.8. The second-order valence-electron chi connectivity index (χ2n) is 22.9. The third-order valence-corrected chi connectivity index (χ3v) is 39.0. The van der Waals surface area contributed by atoms with Crippen molar-refractivity contribution in [1.82, 2.24) is 0 Å². The van der Waals surface area contributed by atoms with Crippen molar-refractivity contribution in [2.45, 2.75) is 93.4 Å². The van der Waals surface area contributed by atoms with Crippen molar-refractivity contribution in [3.05, 3.63) is 263 Å². The molecule has 0 amide bonds. The normalized spacial score (nSPS) is 20.5. The third-order valence-electron chi connectivity index (χ3n) is 17.6. The molecule has 0 aliphatic carbocycles. The molecule has 8 aromatic rings. The van der Waals surface area contributed by atoms with Crippen LogP contribution in [0.2, 0.25) is 10.4 Å². The third kappa shape index (κ3) is 9.29. The molecule has 0 fully saturated rings. The van der Waals surface area contributed by atoms with E-state index in [1.54, 1.807) is 0 Å². The predicted octanol–water partition coefficient (Wildman–Crippen LogP) is 15.7. The summed E-state index contributed by atoms with van der Waals surface area (Å²) < 4.78 is 379. The molecule has 0 bridgehead atoms. The van der Waals surface area contributed by atoms with E-state index >= 15 is 105 Å². The molecule has 32 heteroatoms. The Kier molecular flexibility index (Phi) is 15.9. The fourth-order valence-electron chi connectivity index (χ4n) is 13.8. The number of aliphatic hydroxyl groups is 2. The Morgan fingerprint density at radius 3 is 0.531 bits per heavy atom. The Morgan fingerprint density at radius 1 is 0.229 bits per heavy atom. The van der Waals surface area contributed by atoms with E-state index in [2.05, 4.69) is 0 Å². The second kappa shape index (κ2) is 21.7. The molecular formula is C64H42As2F24O6. The van der Waals surface area contributed by atoms with E-state index in [1.807, 2.05) is 0 Å². The average Bonchev–Trinajstić information content (AvgIpc) is 1.46. The summed E-state index contributed by atoms with van der Waals surface area (Å²) >= 11 is -16.3. The van der Waals surface area contributed by atoms with Gasteiger partial charge in [0.25, 0.3) is 0 Å². The van der Waals surface area contributed by atoms with E-state index < -0.39 is 159 Å². The molecule has 2 N–H and O–H groups in total. The number of halogens is 24. The Labute approximate surface area is 528 Å². The van der Waals surface area contributed by atoms with Crippen LogP contribution in [-0.2, 0) is 48.5 Å². The number of rotatable bonds is 8. The van der Waals surface area contributed by atoms with Crippen molar-refractivity contribution >= 4 is 43.7 Å². The average molecular weight is 1510 g/mol. The summed E-state index contributed by atoms with van der Waals surface area (Å²) in [6, 6.07) is 35.1. The van der Waals surface area contributed by atoms with Gasteiger partial charge in [-0.05, 0) is 0 Å². The van der Waals surface area contributed by atoms with Crippen LogP contribution in [-0.4, -0.2) is 85.9 Å². The maximum absolute atomic E-state index is 15.1. The minimum atomic E-state index is -8.15. The molecule has 4 aliphatic heterocycles. The molecule has 96 heavy (non-hydrogen) atoms. The van der Waals surface area contributed by atoms with Gasteiger partial charge in [-0.1, -0.05) is 0 Å². The number of fused-ring (bicyclic) bond motifs is 8. The number of benzene rings is 8. The quantitative estimate of drug-likeness (QED) is 0.117. The SMILES string of the molecule is OC(C[As]12(OC(C(F)(F)F)(C(F)(F)F)c3ccccc31)OC(C(F)(F)F)(C(F)(F)F)c1ccccc12)(c1ccccc1)c1ccccc1.OC(C[As]12(OC(C(F)(F)F)(C(F)(F)F)c3ccccc31)OC(C(F)(F)F)(C(F)(F)F)c1ccccc12)(c1ccccc1)c1ccccc1. The molecule has 6 nitrogen and oxygen atoms in total. The van der Waals surface area contributed by atoms with Crippen molar-refractivity contribution in [1.29, 1.82) is 0 Å². The Bertz CT molecular complexity index is 3660. The van der Waals surface area contributed by atoms with Gasteiger partial charge in [-0.15, -0.1) is 0 Å². The topological polar surface area (TPSA) is 77.4 Å². The molecular weight excluding hydrogens is 1470 g/mol. The van der Waals surface area contributed by atoms with Crippen LogP contribution in [0.4, 0.5) is 105 Å². The van der Waals surface area contributed by atoms with Crippen molar-refractivity contribution in [2.24, 2.45) is 0 Å². The van der Waals surface area contributed by atoms with Crippen LogP contribution in [0.1, 0.15) is 44.5 Å². The Balaban J connectivity index is 0.000000195. The first kappa shape index (κ1) is 70.3. The first-order valence-corrected chi connectivity index (χ1v) is 37.2. The first-order valence-electron chi connectivity index (χ1n) is 27.7. The van der Waals surface area contributed by atoms with E-state index in [4.69, 9.17) is 14.9 Å². The molecule has 4 heterocycles. The van der Waals surface area contributed by atoms with Gasteiger partial charge in [0.2, 0.25) is 0 Å². The zero-order valence-corrected chi connectivity index (χ0v) is 51.4. The van der Waals surface area contributed by atoms with Gasteiger partial charge < -0.3 is 0 Å². The zero-order chi connectivity index (χ0) is 70.5. The van der Waals surface area contributed by atoms with Crippen LogP contribution < -0.4 is 17.4 Å². The van der Waals surface area contributed by atoms with Crippen molar-refractivity contribution in [3.8, 4) is 0 Å². The van der Waals surface area contributed by atoms with Crippen LogP contribution in [0, 0.1) is 0 Å². The minimum absolute atomic E-state index is 0.285. The van der Waals surface area contributed by atoms with E-state index in [9.17, 15) is 10.2 Å². The van der Waals surface area contributed by atoms with Gasteiger partial charge in [-0.25, -0.2) is 0 Å². The molecule has 12 rings (SSSR count). The van der Waals surface area contributed by atoms with Crippen LogP contribution >= 0.6 is 0 Å². The van der Waals surface area contributed by atoms with E-state index in [0.717, 1.165) is 24.3 Å². The summed E-state index contributed by atoms with van der Waals surface area (Å²) in [4.78, 5) is 0. The van der Waals surface area contributed by atoms with Crippen molar-refractivity contribution < 1.29 is 130 Å². The van der Waals surface area contributed by atoms with Crippen LogP contribution in [0.25, 0.3) is 0 Å². The summed E-state index contributed by atoms with van der Waals surface area (Å²) in [7, 11) is 0. The first-order chi connectivity index (χ1) is 44.2. The van der Waals surface area contributed by atoms with Crippen LogP contribution in [0.15, 0.2) is 218 Å². The molecule has 512 valence electrons. The summed E-state index contributed by atoms with van der Waals surface area (Å²) in [5.74, 6) is 0.